The quantitative estimate of drug-likeness (QED) is 0.386. The fraction of sp³-hybridized carbons (Fsp3) is 0.964. The fourth-order valence-corrected chi connectivity index (χ4v) is 8.71. The standard InChI is InChI=1S/C28H50F2N6O/c1-28(18-6-4-3-5-7-18)22-9-8-19(29)14-33-25(28)24(26(31)35-22)27(37)34-21-16-32-15-20(30)23(21)17-10-12-36(2)13-11-17/h17-26,32-33,35H,3-16,31H2,1-2H3,(H,34,37). The van der Waals surface area contributed by atoms with E-state index in [1.54, 1.807) is 0 Å². The molecule has 5 aliphatic rings. The van der Waals surface area contributed by atoms with Gasteiger partial charge in [0.25, 0.3) is 0 Å². The van der Waals surface area contributed by atoms with Crippen molar-refractivity contribution in [3.8, 4) is 0 Å². The highest BCUT2D eigenvalue weighted by atomic mass is 19.1. The number of nitrogens with two attached hydrogens (primary N) is 1. The van der Waals surface area contributed by atoms with Gasteiger partial charge >= 0.3 is 0 Å². The molecule has 4 heterocycles. The summed E-state index contributed by atoms with van der Waals surface area (Å²) >= 11 is 0. The zero-order valence-corrected chi connectivity index (χ0v) is 22.9. The van der Waals surface area contributed by atoms with Gasteiger partial charge in [-0.05, 0) is 70.5 Å². The molecular weight excluding hydrogens is 474 g/mol. The lowest BCUT2D eigenvalue weighted by molar-refractivity contribution is -0.136. The molecule has 0 aromatic rings. The van der Waals surface area contributed by atoms with Crippen LogP contribution in [0.4, 0.5) is 8.78 Å². The number of alkyl halides is 2. The minimum Gasteiger partial charge on any atom is -0.351 e. The van der Waals surface area contributed by atoms with Crippen molar-refractivity contribution in [2.75, 3.05) is 39.8 Å². The van der Waals surface area contributed by atoms with Crippen LogP contribution < -0.4 is 27.0 Å². The van der Waals surface area contributed by atoms with Gasteiger partial charge < -0.3 is 26.6 Å². The van der Waals surface area contributed by atoms with Crippen LogP contribution in [-0.2, 0) is 4.79 Å². The molecule has 1 aliphatic carbocycles. The molecule has 9 heteroatoms. The van der Waals surface area contributed by atoms with Crippen LogP contribution in [-0.4, -0.2) is 87.2 Å². The molecule has 6 N–H and O–H groups in total. The number of hydrogen-bond donors (Lipinski definition) is 5. The molecular formula is C28H50F2N6O. The van der Waals surface area contributed by atoms with Gasteiger partial charge in [-0.2, -0.15) is 0 Å². The number of nitrogens with zero attached hydrogens (tertiary/aromatic N) is 1. The molecule has 4 aliphatic heterocycles. The van der Waals surface area contributed by atoms with Gasteiger partial charge in [0.1, 0.15) is 12.3 Å². The first-order valence-corrected chi connectivity index (χ1v) is 15.0. The van der Waals surface area contributed by atoms with E-state index in [1.807, 2.05) is 0 Å². The van der Waals surface area contributed by atoms with Crippen LogP contribution in [0.2, 0.25) is 0 Å². The second kappa shape index (κ2) is 11.7. The van der Waals surface area contributed by atoms with E-state index < -0.39 is 24.4 Å². The number of nitrogens with one attached hydrogen (secondary N) is 4. The number of piperidine rings is 3. The average Bonchev–Trinajstić information content (AvgIpc) is 2.89. The fourth-order valence-electron chi connectivity index (χ4n) is 8.71. The van der Waals surface area contributed by atoms with Crippen molar-refractivity contribution in [1.29, 1.82) is 0 Å². The number of rotatable bonds is 4. The molecule has 5 fully saturated rings. The summed E-state index contributed by atoms with van der Waals surface area (Å²) in [6.45, 7) is 5.42. The summed E-state index contributed by atoms with van der Waals surface area (Å²) in [6.07, 6.45) is 6.70. The Labute approximate surface area is 221 Å². The molecule has 0 aromatic carbocycles. The molecule has 1 saturated carbocycles. The molecule has 9 unspecified atom stereocenters. The molecule has 5 rings (SSSR count). The van der Waals surface area contributed by atoms with E-state index in [1.165, 1.54) is 19.3 Å². The van der Waals surface area contributed by atoms with Gasteiger partial charge in [-0.1, -0.05) is 26.2 Å². The molecule has 212 valence electrons. The van der Waals surface area contributed by atoms with E-state index >= 15 is 4.39 Å². The third-order valence-electron chi connectivity index (χ3n) is 10.9. The van der Waals surface area contributed by atoms with Crippen LogP contribution in [0, 0.1) is 29.1 Å². The summed E-state index contributed by atoms with van der Waals surface area (Å²) in [5.41, 5.74) is 6.50. The van der Waals surface area contributed by atoms with Crippen molar-refractivity contribution in [3.05, 3.63) is 0 Å². The van der Waals surface area contributed by atoms with Crippen molar-refractivity contribution in [1.82, 2.24) is 26.2 Å². The molecule has 4 saturated heterocycles. The molecule has 0 aromatic heterocycles. The van der Waals surface area contributed by atoms with Crippen LogP contribution in [0.5, 0.6) is 0 Å². The van der Waals surface area contributed by atoms with Gasteiger partial charge in [0.15, 0.2) is 0 Å². The van der Waals surface area contributed by atoms with Gasteiger partial charge in [-0.15, -0.1) is 0 Å². The monoisotopic (exact) mass is 524 g/mol. The molecule has 37 heavy (non-hydrogen) atoms. The van der Waals surface area contributed by atoms with Gasteiger partial charge in [0.05, 0.1) is 12.1 Å². The van der Waals surface area contributed by atoms with E-state index in [0.717, 1.165) is 45.2 Å². The first-order valence-electron chi connectivity index (χ1n) is 15.0. The Kier molecular flexibility index (Phi) is 8.76. The Bertz CT molecular complexity index is 776. The summed E-state index contributed by atoms with van der Waals surface area (Å²) in [6, 6.07) is -0.405. The maximum absolute atomic E-state index is 15.3. The molecule has 9 atom stereocenters. The van der Waals surface area contributed by atoms with E-state index in [-0.39, 0.29) is 47.8 Å². The van der Waals surface area contributed by atoms with Crippen LogP contribution >= 0.6 is 0 Å². The lowest BCUT2D eigenvalue weighted by Crippen LogP contribution is -2.76. The number of carbonyl (C=O) groups is 1. The van der Waals surface area contributed by atoms with Gasteiger partial charge in [0.2, 0.25) is 5.91 Å². The highest BCUT2D eigenvalue weighted by Crippen LogP contribution is 2.49. The predicted octanol–water partition coefficient (Wildman–Crippen LogP) is 1.92. The van der Waals surface area contributed by atoms with Crippen LogP contribution in [0.15, 0.2) is 0 Å². The summed E-state index contributed by atoms with van der Waals surface area (Å²) < 4.78 is 30.0. The second-order valence-electron chi connectivity index (χ2n) is 13.0. The summed E-state index contributed by atoms with van der Waals surface area (Å²) in [5.74, 6) is -0.113. The Morgan fingerprint density at radius 2 is 1.73 bits per heavy atom. The maximum Gasteiger partial charge on any atom is 0.227 e. The van der Waals surface area contributed by atoms with Gasteiger partial charge in [-0.3, -0.25) is 10.1 Å². The first-order chi connectivity index (χ1) is 17.8. The summed E-state index contributed by atoms with van der Waals surface area (Å²) in [4.78, 5) is 16.4. The number of likely N-dealkylation sites (tertiary alicyclic amines) is 1. The van der Waals surface area contributed by atoms with Crippen LogP contribution in [0.3, 0.4) is 0 Å². The first kappa shape index (κ1) is 27.7. The van der Waals surface area contributed by atoms with Crippen LogP contribution in [0.1, 0.15) is 64.7 Å². The zero-order valence-electron chi connectivity index (χ0n) is 22.9. The third-order valence-corrected chi connectivity index (χ3v) is 10.9. The predicted molar refractivity (Wildman–Crippen MR) is 142 cm³/mol. The number of halogens is 2. The van der Waals surface area contributed by atoms with E-state index in [0.29, 0.717) is 25.4 Å². The lowest BCUT2D eigenvalue weighted by Gasteiger charge is -2.59. The minimum atomic E-state index is -0.977. The maximum atomic E-state index is 15.3. The number of hydrogen-bond acceptors (Lipinski definition) is 6. The smallest absolute Gasteiger partial charge is 0.227 e. The molecule has 7 nitrogen and oxygen atoms in total. The van der Waals surface area contributed by atoms with Gasteiger partial charge in [0, 0.05) is 49.1 Å². The summed E-state index contributed by atoms with van der Waals surface area (Å²) in [7, 11) is 2.11. The van der Waals surface area contributed by atoms with Crippen molar-refractivity contribution in [2.24, 2.45) is 34.8 Å². The van der Waals surface area contributed by atoms with Crippen molar-refractivity contribution in [3.63, 3.8) is 0 Å². The Morgan fingerprint density at radius 1 is 1.00 bits per heavy atom. The summed E-state index contributed by atoms with van der Waals surface area (Å²) in [5, 5.41) is 13.6. The average molecular weight is 525 g/mol. The lowest BCUT2D eigenvalue weighted by atomic mass is 9.56. The van der Waals surface area contributed by atoms with Crippen LogP contribution in [0.25, 0.3) is 0 Å². The van der Waals surface area contributed by atoms with Crippen molar-refractivity contribution >= 4 is 5.91 Å². The highest BCUT2D eigenvalue weighted by molar-refractivity contribution is 5.81. The number of fused-ring (bicyclic) bond motifs is 2. The number of carbonyl (C=O) groups excluding carboxylic acids is 1. The van der Waals surface area contributed by atoms with E-state index in [4.69, 9.17) is 5.73 Å². The topological polar surface area (TPSA) is 94.5 Å². The largest absolute Gasteiger partial charge is 0.351 e. The molecule has 1 amide bonds. The second-order valence-corrected chi connectivity index (χ2v) is 13.0. The van der Waals surface area contributed by atoms with Crippen molar-refractivity contribution in [2.45, 2.75) is 101 Å². The zero-order chi connectivity index (χ0) is 26.2. The Morgan fingerprint density at radius 3 is 2.46 bits per heavy atom. The molecule has 0 spiro atoms. The Hall–Kier alpha value is -0.870. The third kappa shape index (κ3) is 5.58. The highest BCUT2D eigenvalue weighted by Gasteiger charge is 2.57. The minimum absolute atomic E-state index is 0.0734. The van der Waals surface area contributed by atoms with E-state index in [9.17, 15) is 9.18 Å². The Balaban J connectivity index is 1.38. The normalized spacial score (nSPS) is 45.1. The SMILES string of the molecule is CN1CCC(C2C(F)CNCC2NC(=O)C2C(N)NC3CCC(F)CNC2C3(C)C2CCCCC2)CC1. The number of amides is 1. The van der Waals surface area contributed by atoms with Crippen molar-refractivity contribution < 1.29 is 13.6 Å². The van der Waals surface area contributed by atoms with E-state index in [2.05, 4.69) is 40.1 Å². The molecule has 0 radical (unpaired) electrons. The van der Waals surface area contributed by atoms with Gasteiger partial charge in [-0.25, -0.2) is 8.78 Å². The molecule has 2 bridgehead atoms.